The maximum Gasteiger partial charge on any atom is 0.210 e. The number of aromatic nitrogens is 1. The number of fused-ring (bicyclic) bond motifs is 1. The highest BCUT2D eigenvalue weighted by Gasteiger charge is 2.19. The number of piperazine rings is 1. The van der Waals surface area contributed by atoms with Crippen molar-refractivity contribution < 1.29 is 4.39 Å². The van der Waals surface area contributed by atoms with Crippen LogP contribution in [0.3, 0.4) is 0 Å². The average Bonchev–Trinajstić information content (AvgIpc) is 3.02. The SMILES string of the molecule is CN1CCN(c2cc3sc(/N=C/c4cccc(Br)c4)nc3cc2F)CC1. The lowest BCUT2D eigenvalue weighted by Crippen LogP contribution is -2.44. The highest BCUT2D eigenvalue weighted by atomic mass is 79.9. The molecular formula is C19H18BrFN4S. The zero-order valence-electron chi connectivity index (χ0n) is 14.3. The van der Waals surface area contributed by atoms with Crippen molar-refractivity contribution in [2.24, 2.45) is 4.99 Å². The molecule has 7 heteroatoms. The average molecular weight is 433 g/mol. The standard InChI is InChI=1S/C19H18BrFN4S/c1-24-5-7-25(8-6-24)17-11-18-16(10-15(17)21)23-19(26-18)22-12-13-3-2-4-14(20)9-13/h2-4,9-12H,5-8H2,1H3/b22-12+. The molecule has 0 saturated carbocycles. The summed E-state index contributed by atoms with van der Waals surface area (Å²) >= 11 is 4.93. The zero-order valence-corrected chi connectivity index (χ0v) is 16.7. The molecule has 0 spiro atoms. The quantitative estimate of drug-likeness (QED) is 0.562. The number of hydrogen-bond donors (Lipinski definition) is 0. The van der Waals surface area contributed by atoms with Crippen molar-refractivity contribution in [1.29, 1.82) is 0 Å². The zero-order chi connectivity index (χ0) is 18.1. The molecule has 134 valence electrons. The van der Waals surface area contributed by atoms with Gasteiger partial charge in [0.15, 0.2) is 0 Å². The van der Waals surface area contributed by atoms with E-state index in [4.69, 9.17) is 0 Å². The van der Waals surface area contributed by atoms with Crippen LogP contribution in [0.4, 0.5) is 15.2 Å². The van der Waals surface area contributed by atoms with Crippen molar-refractivity contribution in [2.75, 3.05) is 38.1 Å². The maximum absolute atomic E-state index is 14.6. The monoisotopic (exact) mass is 432 g/mol. The number of rotatable bonds is 3. The first-order valence-electron chi connectivity index (χ1n) is 8.42. The third kappa shape index (κ3) is 3.79. The molecule has 1 aliphatic rings. The largest absolute Gasteiger partial charge is 0.367 e. The second kappa shape index (κ2) is 7.42. The minimum absolute atomic E-state index is 0.213. The van der Waals surface area contributed by atoms with Gasteiger partial charge in [-0.15, -0.1) is 0 Å². The number of thiazole rings is 1. The van der Waals surface area contributed by atoms with E-state index < -0.39 is 0 Å². The molecule has 0 N–H and O–H groups in total. The summed E-state index contributed by atoms with van der Waals surface area (Å²) in [6, 6.07) is 11.3. The van der Waals surface area contributed by atoms with E-state index >= 15 is 0 Å². The lowest BCUT2D eigenvalue weighted by molar-refractivity contribution is 0.312. The number of hydrogen-bond acceptors (Lipinski definition) is 5. The molecule has 26 heavy (non-hydrogen) atoms. The Bertz CT molecular complexity index is 963. The van der Waals surface area contributed by atoms with E-state index in [0.29, 0.717) is 16.3 Å². The van der Waals surface area contributed by atoms with E-state index in [0.717, 1.165) is 40.9 Å². The summed E-state index contributed by atoms with van der Waals surface area (Å²) in [5, 5.41) is 0.634. The summed E-state index contributed by atoms with van der Waals surface area (Å²) in [6.45, 7) is 3.57. The number of anilines is 1. The van der Waals surface area contributed by atoms with Gasteiger partial charge in [0.1, 0.15) is 5.82 Å². The van der Waals surface area contributed by atoms with Crippen LogP contribution in [0.1, 0.15) is 5.56 Å². The van der Waals surface area contributed by atoms with Gasteiger partial charge >= 0.3 is 0 Å². The van der Waals surface area contributed by atoms with Crippen molar-refractivity contribution >= 4 is 54.5 Å². The fraction of sp³-hybridized carbons (Fsp3) is 0.263. The summed E-state index contributed by atoms with van der Waals surface area (Å²) < 4.78 is 16.5. The van der Waals surface area contributed by atoms with Gasteiger partial charge in [0.2, 0.25) is 5.13 Å². The molecule has 0 radical (unpaired) electrons. The van der Waals surface area contributed by atoms with Gasteiger partial charge in [-0.05, 0) is 30.8 Å². The minimum Gasteiger partial charge on any atom is -0.367 e. The molecule has 1 saturated heterocycles. The van der Waals surface area contributed by atoms with Crippen molar-refractivity contribution in [1.82, 2.24) is 9.88 Å². The van der Waals surface area contributed by atoms with E-state index in [-0.39, 0.29) is 5.82 Å². The van der Waals surface area contributed by atoms with E-state index in [1.807, 2.05) is 30.3 Å². The van der Waals surface area contributed by atoms with Crippen molar-refractivity contribution in [3.63, 3.8) is 0 Å². The van der Waals surface area contributed by atoms with Gasteiger partial charge in [0.05, 0.1) is 15.9 Å². The maximum atomic E-state index is 14.6. The fourth-order valence-corrected chi connectivity index (χ4v) is 4.23. The molecule has 4 rings (SSSR count). The molecule has 1 aliphatic heterocycles. The molecular weight excluding hydrogens is 415 g/mol. The van der Waals surface area contributed by atoms with Crippen LogP contribution in [0, 0.1) is 5.82 Å². The van der Waals surface area contributed by atoms with E-state index in [9.17, 15) is 4.39 Å². The highest BCUT2D eigenvalue weighted by Crippen LogP contribution is 2.33. The van der Waals surface area contributed by atoms with Crippen molar-refractivity contribution in [3.8, 4) is 0 Å². The molecule has 0 unspecified atom stereocenters. The molecule has 2 aromatic carbocycles. The molecule has 1 fully saturated rings. The van der Waals surface area contributed by atoms with Crippen LogP contribution in [0.25, 0.3) is 10.2 Å². The molecule has 2 heterocycles. The summed E-state index contributed by atoms with van der Waals surface area (Å²) in [7, 11) is 2.09. The lowest BCUT2D eigenvalue weighted by Gasteiger charge is -2.34. The van der Waals surface area contributed by atoms with Gasteiger partial charge < -0.3 is 9.80 Å². The minimum atomic E-state index is -0.213. The summed E-state index contributed by atoms with van der Waals surface area (Å²) in [5.74, 6) is -0.213. The Kier molecular flexibility index (Phi) is 5.02. The van der Waals surface area contributed by atoms with Crippen LogP contribution in [-0.4, -0.2) is 49.3 Å². The van der Waals surface area contributed by atoms with E-state index in [1.165, 1.54) is 17.4 Å². The first kappa shape index (κ1) is 17.6. The molecule has 0 bridgehead atoms. The number of aliphatic imine (C=N–C) groups is 1. The Labute approximate surface area is 164 Å². The first-order chi connectivity index (χ1) is 12.6. The predicted molar refractivity (Wildman–Crippen MR) is 111 cm³/mol. The van der Waals surface area contributed by atoms with Crippen molar-refractivity contribution in [3.05, 3.63) is 52.3 Å². The van der Waals surface area contributed by atoms with Crippen LogP contribution in [-0.2, 0) is 0 Å². The number of halogens is 2. The van der Waals surface area contributed by atoms with Gasteiger partial charge in [-0.2, -0.15) is 0 Å². The van der Waals surface area contributed by atoms with Gasteiger partial charge in [-0.25, -0.2) is 14.4 Å². The van der Waals surface area contributed by atoms with Gasteiger partial charge in [0, 0.05) is 42.9 Å². The second-order valence-corrected chi connectivity index (χ2v) is 8.30. The predicted octanol–water partition coefficient (Wildman–Crippen LogP) is 4.70. The van der Waals surface area contributed by atoms with E-state index in [2.05, 4.69) is 42.8 Å². The molecule has 0 atom stereocenters. The lowest BCUT2D eigenvalue weighted by atomic mass is 10.2. The second-order valence-electron chi connectivity index (χ2n) is 6.37. The fourth-order valence-electron chi connectivity index (χ4n) is 2.99. The smallest absolute Gasteiger partial charge is 0.210 e. The third-order valence-electron chi connectivity index (χ3n) is 4.46. The van der Waals surface area contributed by atoms with E-state index in [1.54, 1.807) is 6.21 Å². The molecule has 0 aliphatic carbocycles. The number of likely N-dealkylation sites (N-methyl/N-ethyl adjacent to an activating group) is 1. The van der Waals surface area contributed by atoms with Crippen molar-refractivity contribution in [2.45, 2.75) is 0 Å². The molecule has 3 aromatic rings. The van der Waals surface area contributed by atoms with Gasteiger partial charge in [-0.3, -0.25) is 0 Å². The van der Waals surface area contributed by atoms with Crippen LogP contribution >= 0.6 is 27.3 Å². The summed E-state index contributed by atoms with van der Waals surface area (Å²) in [6.07, 6.45) is 1.78. The highest BCUT2D eigenvalue weighted by molar-refractivity contribution is 9.10. The van der Waals surface area contributed by atoms with Crippen LogP contribution < -0.4 is 4.90 Å². The van der Waals surface area contributed by atoms with Crippen LogP contribution in [0.15, 0.2) is 45.9 Å². The molecule has 0 amide bonds. The summed E-state index contributed by atoms with van der Waals surface area (Å²) in [4.78, 5) is 13.3. The van der Waals surface area contributed by atoms with Gasteiger partial charge in [0.25, 0.3) is 0 Å². The third-order valence-corrected chi connectivity index (χ3v) is 5.88. The van der Waals surface area contributed by atoms with Gasteiger partial charge in [-0.1, -0.05) is 39.4 Å². The normalized spacial score (nSPS) is 16.0. The van der Waals surface area contributed by atoms with Crippen LogP contribution in [0.5, 0.6) is 0 Å². The summed E-state index contributed by atoms with van der Waals surface area (Å²) in [5.41, 5.74) is 2.31. The Balaban J connectivity index is 1.61. The Morgan fingerprint density at radius 2 is 2.00 bits per heavy atom. The Hall–Kier alpha value is -1.83. The Morgan fingerprint density at radius 1 is 1.19 bits per heavy atom. The first-order valence-corrected chi connectivity index (χ1v) is 10.0. The van der Waals surface area contributed by atoms with Crippen LogP contribution in [0.2, 0.25) is 0 Å². The Morgan fingerprint density at radius 3 is 2.77 bits per heavy atom. The topological polar surface area (TPSA) is 31.7 Å². The molecule has 4 nitrogen and oxygen atoms in total. The number of nitrogens with zero attached hydrogens (tertiary/aromatic N) is 4. The number of benzene rings is 2. The molecule has 1 aromatic heterocycles.